The summed E-state index contributed by atoms with van der Waals surface area (Å²) in [6.07, 6.45) is 3.23. The lowest BCUT2D eigenvalue weighted by molar-refractivity contribution is 0.176. The van der Waals surface area contributed by atoms with Gasteiger partial charge in [0, 0.05) is 26.2 Å². The molecule has 0 aliphatic carbocycles. The van der Waals surface area contributed by atoms with Crippen LogP contribution in [0.15, 0.2) is 23.0 Å². The minimum atomic E-state index is 0.161. The lowest BCUT2D eigenvalue weighted by Gasteiger charge is -2.30. The van der Waals surface area contributed by atoms with Crippen LogP contribution in [-0.4, -0.2) is 51.4 Å². The van der Waals surface area contributed by atoms with E-state index in [-0.39, 0.29) is 6.04 Å². The van der Waals surface area contributed by atoms with Gasteiger partial charge in [-0.05, 0) is 13.0 Å². The maximum Gasteiger partial charge on any atom is 0.259 e. The molecule has 1 atom stereocenters. The summed E-state index contributed by atoms with van der Waals surface area (Å²) in [4.78, 5) is 6.79. The summed E-state index contributed by atoms with van der Waals surface area (Å²) in [7, 11) is 0. The van der Waals surface area contributed by atoms with Gasteiger partial charge < -0.3 is 9.84 Å². The molecule has 1 unspecified atom stereocenters. The summed E-state index contributed by atoms with van der Waals surface area (Å²) in [5.41, 5.74) is 0.793. The molecular weight excluding hydrogens is 244 g/mol. The van der Waals surface area contributed by atoms with Gasteiger partial charge in [0.2, 0.25) is 0 Å². The summed E-state index contributed by atoms with van der Waals surface area (Å²) in [6, 6.07) is 1.97. The predicted molar refractivity (Wildman–Crippen MR) is 68.2 cm³/mol. The molecule has 0 saturated carbocycles. The molecule has 3 heterocycles. The average molecular weight is 260 g/mol. The fraction of sp³-hybridized carbons (Fsp3) is 0.500. The van der Waals surface area contributed by atoms with Crippen molar-refractivity contribution >= 4 is 0 Å². The zero-order valence-corrected chi connectivity index (χ0v) is 10.8. The Labute approximate surface area is 111 Å². The molecule has 0 amide bonds. The zero-order valence-electron chi connectivity index (χ0n) is 10.8. The average Bonchev–Trinajstić information content (AvgIpc) is 2.98. The summed E-state index contributed by atoms with van der Waals surface area (Å²) >= 11 is 0. The molecule has 100 valence electrons. The Morgan fingerprint density at radius 3 is 2.89 bits per heavy atom. The predicted octanol–water partition coefficient (Wildman–Crippen LogP) is 0.493. The first-order chi connectivity index (χ1) is 9.34. The molecule has 0 spiro atoms. The number of nitrogens with zero attached hydrogens (tertiary/aromatic N) is 5. The molecular formula is C12H16N6O. The third kappa shape index (κ3) is 2.61. The first-order valence-electron chi connectivity index (χ1n) is 6.40. The van der Waals surface area contributed by atoms with E-state index in [1.54, 1.807) is 18.5 Å². The molecule has 7 nitrogen and oxygen atoms in total. The second-order valence-electron chi connectivity index (χ2n) is 4.55. The highest BCUT2D eigenvalue weighted by molar-refractivity contribution is 5.49. The first kappa shape index (κ1) is 12.2. The van der Waals surface area contributed by atoms with Gasteiger partial charge in [-0.15, -0.1) is 0 Å². The van der Waals surface area contributed by atoms with Crippen LogP contribution in [0.1, 0.15) is 18.8 Å². The van der Waals surface area contributed by atoms with E-state index < -0.39 is 0 Å². The van der Waals surface area contributed by atoms with Gasteiger partial charge in [0.1, 0.15) is 0 Å². The second kappa shape index (κ2) is 5.41. The molecule has 19 heavy (non-hydrogen) atoms. The highest BCUT2D eigenvalue weighted by atomic mass is 16.5. The quantitative estimate of drug-likeness (QED) is 0.860. The third-order valence-corrected chi connectivity index (χ3v) is 3.35. The molecule has 0 aromatic carbocycles. The Morgan fingerprint density at radius 2 is 2.16 bits per heavy atom. The zero-order chi connectivity index (χ0) is 13.1. The number of hydrogen-bond acceptors (Lipinski definition) is 7. The highest BCUT2D eigenvalue weighted by Crippen LogP contribution is 2.21. The largest absolute Gasteiger partial charge is 0.334 e. The topological polar surface area (TPSA) is 80.0 Å². The molecule has 2 aromatic heterocycles. The Bertz CT molecular complexity index is 522. The summed E-state index contributed by atoms with van der Waals surface area (Å²) in [5, 5.41) is 14.9. The maximum atomic E-state index is 5.29. The number of hydrogen-bond donors (Lipinski definition) is 1. The molecule has 1 aliphatic rings. The van der Waals surface area contributed by atoms with Gasteiger partial charge in [-0.25, -0.2) is 0 Å². The van der Waals surface area contributed by atoms with Crippen molar-refractivity contribution in [2.24, 2.45) is 0 Å². The van der Waals surface area contributed by atoms with Gasteiger partial charge in [0.15, 0.2) is 5.82 Å². The Morgan fingerprint density at radius 1 is 1.32 bits per heavy atom. The van der Waals surface area contributed by atoms with Crippen molar-refractivity contribution in [2.75, 3.05) is 26.2 Å². The van der Waals surface area contributed by atoms with Crippen LogP contribution in [0.4, 0.5) is 0 Å². The second-order valence-corrected chi connectivity index (χ2v) is 4.55. The third-order valence-electron chi connectivity index (χ3n) is 3.35. The van der Waals surface area contributed by atoms with Gasteiger partial charge in [-0.1, -0.05) is 5.16 Å². The Kier molecular flexibility index (Phi) is 3.47. The molecule has 1 saturated heterocycles. The van der Waals surface area contributed by atoms with Crippen molar-refractivity contribution in [3.05, 3.63) is 24.3 Å². The number of rotatable bonds is 3. The van der Waals surface area contributed by atoms with Crippen LogP contribution in [-0.2, 0) is 0 Å². The lowest BCUT2D eigenvalue weighted by atomic mass is 10.2. The first-order valence-corrected chi connectivity index (χ1v) is 6.40. The summed E-state index contributed by atoms with van der Waals surface area (Å²) < 4.78 is 5.29. The van der Waals surface area contributed by atoms with E-state index in [4.69, 9.17) is 4.52 Å². The monoisotopic (exact) mass is 260 g/mol. The molecule has 1 N–H and O–H groups in total. The molecule has 0 radical (unpaired) electrons. The van der Waals surface area contributed by atoms with Crippen molar-refractivity contribution in [1.82, 2.24) is 30.6 Å². The van der Waals surface area contributed by atoms with Crippen molar-refractivity contribution in [3.8, 4) is 11.5 Å². The number of aromatic nitrogens is 4. The van der Waals surface area contributed by atoms with E-state index in [2.05, 4.69) is 37.5 Å². The van der Waals surface area contributed by atoms with Crippen LogP contribution in [0.3, 0.4) is 0 Å². The summed E-state index contributed by atoms with van der Waals surface area (Å²) in [6.45, 7) is 6.11. The van der Waals surface area contributed by atoms with Gasteiger partial charge in [0.05, 0.1) is 24.0 Å². The van der Waals surface area contributed by atoms with Crippen LogP contribution in [0.2, 0.25) is 0 Å². The lowest BCUT2D eigenvalue weighted by Crippen LogP contribution is -2.44. The van der Waals surface area contributed by atoms with Gasteiger partial charge >= 0.3 is 0 Å². The maximum absolute atomic E-state index is 5.29. The van der Waals surface area contributed by atoms with Gasteiger partial charge in [0.25, 0.3) is 5.89 Å². The van der Waals surface area contributed by atoms with E-state index in [0.717, 1.165) is 31.7 Å². The molecule has 2 aromatic rings. The smallest absolute Gasteiger partial charge is 0.259 e. The Hall–Kier alpha value is -1.86. The van der Waals surface area contributed by atoms with Crippen LogP contribution < -0.4 is 5.32 Å². The molecule has 1 aliphatic heterocycles. The van der Waals surface area contributed by atoms with Crippen molar-refractivity contribution in [2.45, 2.75) is 13.0 Å². The van der Waals surface area contributed by atoms with Crippen LogP contribution in [0, 0.1) is 0 Å². The van der Waals surface area contributed by atoms with Gasteiger partial charge in [-0.2, -0.15) is 15.2 Å². The fourth-order valence-corrected chi connectivity index (χ4v) is 2.17. The van der Waals surface area contributed by atoms with E-state index in [9.17, 15) is 0 Å². The molecule has 0 bridgehead atoms. The van der Waals surface area contributed by atoms with Crippen LogP contribution in [0.5, 0.6) is 0 Å². The van der Waals surface area contributed by atoms with E-state index in [1.165, 1.54) is 0 Å². The van der Waals surface area contributed by atoms with Crippen molar-refractivity contribution in [1.29, 1.82) is 0 Å². The standard InChI is InChI=1S/C12H16N6O/c1-9(18-6-4-13-5-7-18)11-16-12(19-17-11)10-2-3-14-15-8-10/h2-3,8-9,13H,4-7H2,1H3. The normalized spacial score (nSPS) is 18.4. The minimum absolute atomic E-state index is 0.161. The van der Waals surface area contributed by atoms with Crippen molar-refractivity contribution in [3.63, 3.8) is 0 Å². The van der Waals surface area contributed by atoms with E-state index >= 15 is 0 Å². The number of nitrogens with one attached hydrogen (secondary N) is 1. The highest BCUT2D eigenvalue weighted by Gasteiger charge is 2.22. The Balaban J connectivity index is 1.77. The SMILES string of the molecule is CC(c1noc(-c2ccnnc2)n1)N1CCNCC1. The number of piperazine rings is 1. The van der Waals surface area contributed by atoms with Crippen molar-refractivity contribution < 1.29 is 4.52 Å². The molecule has 1 fully saturated rings. The molecule has 7 heteroatoms. The fourth-order valence-electron chi connectivity index (χ4n) is 2.17. The van der Waals surface area contributed by atoms with Gasteiger partial charge in [-0.3, -0.25) is 4.90 Å². The van der Waals surface area contributed by atoms with Crippen LogP contribution >= 0.6 is 0 Å². The van der Waals surface area contributed by atoms with E-state index in [1.807, 2.05) is 0 Å². The minimum Gasteiger partial charge on any atom is -0.334 e. The molecule has 3 rings (SSSR count). The van der Waals surface area contributed by atoms with E-state index in [0.29, 0.717) is 11.7 Å². The van der Waals surface area contributed by atoms with Crippen LogP contribution in [0.25, 0.3) is 11.5 Å². The summed E-state index contributed by atoms with van der Waals surface area (Å²) in [5.74, 6) is 1.21.